The van der Waals surface area contributed by atoms with Gasteiger partial charge in [0.25, 0.3) is 0 Å². The third kappa shape index (κ3) is 8.39. The number of carbonyl (C=O) groups is 4. The lowest BCUT2D eigenvalue weighted by molar-refractivity contribution is -0.138. The molecule has 0 saturated carbocycles. The zero-order valence-corrected chi connectivity index (χ0v) is 26.2. The minimum atomic E-state index is -0.756. The van der Waals surface area contributed by atoms with E-state index in [1.807, 2.05) is 24.3 Å². The number of carboxylic acids is 2. The van der Waals surface area contributed by atoms with Crippen LogP contribution >= 0.6 is 0 Å². The molecule has 3 rings (SSSR count). The lowest BCUT2D eigenvalue weighted by atomic mass is 9.74. The molecule has 2 unspecified atom stereocenters. The molecule has 2 aromatic carbocycles. The van der Waals surface area contributed by atoms with Crippen molar-refractivity contribution < 1.29 is 29.4 Å². The molecule has 42 heavy (non-hydrogen) atoms. The van der Waals surface area contributed by atoms with Crippen LogP contribution in [0.1, 0.15) is 149 Å². The Hall–Kier alpha value is -3.28. The SMILES string of the molecule is CC(CCCC(C)(C)c1ccc2c(c1)C(=O)c1ccc(C(C)(C)CCCC(C)CCC(=O)O)cc1C2=O)CCC(=O)O. The number of hydrogen-bond donors (Lipinski definition) is 2. The molecule has 0 fully saturated rings. The third-order valence-electron chi connectivity index (χ3n) is 9.28. The zero-order valence-electron chi connectivity index (χ0n) is 26.2. The van der Waals surface area contributed by atoms with Gasteiger partial charge in [-0.3, -0.25) is 19.2 Å². The Labute approximate surface area is 250 Å². The first-order valence-electron chi connectivity index (χ1n) is 15.4. The van der Waals surface area contributed by atoms with Crippen molar-refractivity contribution in [2.75, 3.05) is 0 Å². The van der Waals surface area contributed by atoms with Crippen molar-refractivity contribution in [1.29, 1.82) is 0 Å². The number of ketones is 2. The molecule has 1 aliphatic carbocycles. The third-order valence-corrected chi connectivity index (χ3v) is 9.28. The standard InChI is InChI=1S/C36H48O6/c1-23(11-17-31(37)38)9-7-19-35(3,4)25-13-15-27-29(21-25)33(41)28-16-14-26(22-30(28)34(27)42)36(5,6)20-8-10-24(2)12-18-32(39)40/h13-16,21-24H,7-12,17-20H2,1-6H3,(H,37,38)(H,39,40). The summed E-state index contributed by atoms with van der Waals surface area (Å²) in [4.78, 5) is 49.0. The number of carbonyl (C=O) groups excluding carboxylic acids is 2. The van der Waals surface area contributed by atoms with Crippen LogP contribution in [0.15, 0.2) is 36.4 Å². The Balaban J connectivity index is 1.71. The van der Waals surface area contributed by atoms with Crippen molar-refractivity contribution in [1.82, 2.24) is 0 Å². The maximum atomic E-state index is 13.6. The van der Waals surface area contributed by atoms with Crippen LogP contribution in [-0.2, 0) is 20.4 Å². The second-order valence-electron chi connectivity index (χ2n) is 13.8. The summed E-state index contributed by atoms with van der Waals surface area (Å²) in [6, 6.07) is 11.4. The lowest BCUT2D eigenvalue weighted by Gasteiger charge is -2.29. The average molecular weight is 577 g/mol. The molecule has 1 aliphatic rings. The van der Waals surface area contributed by atoms with Gasteiger partial charge in [-0.25, -0.2) is 0 Å². The first-order chi connectivity index (χ1) is 19.6. The fourth-order valence-electron chi connectivity index (χ4n) is 6.09. The summed E-state index contributed by atoms with van der Waals surface area (Å²) in [7, 11) is 0. The van der Waals surface area contributed by atoms with Crippen LogP contribution < -0.4 is 0 Å². The molecule has 2 N–H and O–H groups in total. The molecule has 0 aromatic heterocycles. The zero-order chi connectivity index (χ0) is 31.2. The molecule has 228 valence electrons. The average Bonchev–Trinajstić information content (AvgIpc) is 2.92. The predicted molar refractivity (Wildman–Crippen MR) is 166 cm³/mol. The second kappa shape index (κ2) is 13.8. The molecule has 0 radical (unpaired) electrons. The van der Waals surface area contributed by atoms with Crippen LogP contribution in [0.4, 0.5) is 0 Å². The number of benzene rings is 2. The summed E-state index contributed by atoms with van der Waals surface area (Å²) >= 11 is 0. The predicted octanol–water partition coefficient (Wildman–Crippen LogP) is 8.36. The Morgan fingerprint density at radius 2 is 0.976 bits per heavy atom. The Morgan fingerprint density at radius 1 is 0.619 bits per heavy atom. The van der Waals surface area contributed by atoms with Gasteiger partial charge in [0.05, 0.1) is 0 Å². The van der Waals surface area contributed by atoms with E-state index in [1.54, 1.807) is 12.1 Å². The fourth-order valence-corrected chi connectivity index (χ4v) is 6.09. The van der Waals surface area contributed by atoms with E-state index in [0.717, 1.165) is 49.7 Å². The molecule has 0 saturated heterocycles. The first-order valence-corrected chi connectivity index (χ1v) is 15.4. The van der Waals surface area contributed by atoms with Gasteiger partial charge in [-0.15, -0.1) is 0 Å². The largest absolute Gasteiger partial charge is 0.481 e. The van der Waals surface area contributed by atoms with Gasteiger partial charge in [0.1, 0.15) is 0 Å². The smallest absolute Gasteiger partial charge is 0.303 e. The molecule has 6 heteroatoms. The minimum Gasteiger partial charge on any atom is -0.481 e. The van der Waals surface area contributed by atoms with Crippen molar-refractivity contribution in [3.63, 3.8) is 0 Å². The molecule has 0 spiro atoms. The fraction of sp³-hybridized carbons (Fsp3) is 0.556. The summed E-state index contributed by atoms with van der Waals surface area (Å²) < 4.78 is 0. The first kappa shape index (κ1) is 33.2. The highest BCUT2D eigenvalue weighted by Gasteiger charge is 2.33. The molecule has 2 atom stereocenters. The van der Waals surface area contributed by atoms with Crippen LogP contribution in [0, 0.1) is 11.8 Å². The van der Waals surface area contributed by atoms with Crippen LogP contribution in [0.5, 0.6) is 0 Å². The maximum absolute atomic E-state index is 13.6. The number of rotatable bonds is 16. The van der Waals surface area contributed by atoms with Crippen molar-refractivity contribution in [2.45, 2.75) is 117 Å². The topological polar surface area (TPSA) is 109 Å². The molecule has 2 aromatic rings. The van der Waals surface area contributed by atoms with E-state index in [0.29, 0.717) is 46.9 Å². The summed E-state index contributed by atoms with van der Waals surface area (Å²) in [6.45, 7) is 12.8. The van der Waals surface area contributed by atoms with E-state index < -0.39 is 11.9 Å². The highest BCUT2D eigenvalue weighted by Crippen LogP contribution is 2.37. The maximum Gasteiger partial charge on any atom is 0.303 e. The molecule has 6 nitrogen and oxygen atoms in total. The van der Waals surface area contributed by atoms with Crippen LogP contribution in [0.3, 0.4) is 0 Å². The van der Waals surface area contributed by atoms with E-state index in [4.69, 9.17) is 10.2 Å². The van der Waals surface area contributed by atoms with Gasteiger partial charge in [-0.05, 0) is 83.7 Å². The summed E-state index contributed by atoms with van der Waals surface area (Å²) in [5.74, 6) is -1.05. The molecular weight excluding hydrogens is 528 g/mol. The normalized spacial score (nSPS) is 14.7. The number of fused-ring (bicyclic) bond motifs is 2. The van der Waals surface area contributed by atoms with Crippen molar-refractivity contribution >= 4 is 23.5 Å². The highest BCUT2D eigenvalue weighted by atomic mass is 16.4. The second-order valence-corrected chi connectivity index (χ2v) is 13.8. The summed E-state index contributed by atoms with van der Waals surface area (Å²) in [6.07, 6.45) is 7.37. The quantitative estimate of drug-likeness (QED) is 0.177. The molecule has 0 aliphatic heterocycles. The van der Waals surface area contributed by atoms with Gasteiger partial charge < -0.3 is 10.2 Å². The van der Waals surface area contributed by atoms with Crippen LogP contribution in [0.2, 0.25) is 0 Å². The van der Waals surface area contributed by atoms with Gasteiger partial charge in [-0.2, -0.15) is 0 Å². The Morgan fingerprint density at radius 3 is 1.31 bits per heavy atom. The number of aliphatic carboxylic acids is 2. The molecule has 0 heterocycles. The Kier molecular flexibility index (Phi) is 10.9. The van der Waals surface area contributed by atoms with Crippen LogP contribution in [0.25, 0.3) is 0 Å². The van der Waals surface area contributed by atoms with Gasteiger partial charge in [0, 0.05) is 35.1 Å². The number of carboxylic acid groups (broad SMARTS) is 2. The minimum absolute atomic E-state index is 0.115. The van der Waals surface area contributed by atoms with Gasteiger partial charge in [0.15, 0.2) is 11.6 Å². The van der Waals surface area contributed by atoms with Crippen LogP contribution in [-0.4, -0.2) is 33.7 Å². The van der Waals surface area contributed by atoms with E-state index in [9.17, 15) is 19.2 Å². The lowest BCUT2D eigenvalue weighted by Crippen LogP contribution is -2.25. The Bertz CT molecular complexity index is 1220. The van der Waals surface area contributed by atoms with Gasteiger partial charge in [-0.1, -0.05) is 79.4 Å². The van der Waals surface area contributed by atoms with Crippen molar-refractivity contribution in [3.8, 4) is 0 Å². The molecule has 0 amide bonds. The van der Waals surface area contributed by atoms with Crippen molar-refractivity contribution in [3.05, 3.63) is 69.8 Å². The number of hydrogen-bond acceptors (Lipinski definition) is 4. The van der Waals surface area contributed by atoms with Gasteiger partial charge >= 0.3 is 11.9 Å². The molecular formula is C36H48O6. The summed E-state index contributed by atoms with van der Waals surface area (Å²) in [5, 5.41) is 17.8. The van der Waals surface area contributed by atoms with Crippen molar-refractivity contribution in [2.24, 2.45) is 11.8 Å². The summed E-state index contributed by atoms with van der Waals surface area (Å²) in [5.41, 5.74) is 3.52. The molecule has 0 bridgehead atoms. The van der Waals surface area contributed by atoms with E-state index in [-0.39, 0.29) is 35.2 Å². The van der Waals surface area contributed by atoms with E-state index in [1.165, 1.54) is 0 Å². The van der Waals surface area contributed by atoms with E-state index in [2.05, 4.69) is 41.5 Å². The monoisotopic (exact) mass is 576 g/mol. The highest BCUT2D eigenvalue weighted by molar-refractivity contribution is 6.28. The van der Waals surface area contributed by atoms with E-state index >= 15 is 0 Å². The van der Waals surface area contributed by atoms with Gasteiger partial charge in [0.2, 0.25) is 0 Å².